The van der Waals surface area contributed by atoms with Gasteiger partial charge in [0.15, 0.2) is 4.34 Å². The molecule has 0 aliphatic carbocycles. The number of hydrogen-bond donors (Lipinski definition) is 2. The topological polar surface area (TPSA) is 96.5 Å². The Morgan fingerprint density at radius 2 is 2.33 bits per heavy atom. The first-order valence-corrected chi connectivity index (χ1v) is 7.89. The highest BCUT2D eigenvalue weighted by atomic mass is 32.2. The summed E-state index contributed by atoms with van der Waals surface area (Å²) in [4.78, 5) is 15.7. The number of carbonyl (C=O) groups excluding carboxylic acids is 1. The average Bonchev–Trinajstić information content (AvgIpc) is 2.95. The van der Waals surface area contributed by atoms with Gasteiger partial charge >= 0.3 is 0 Å². The van der Waals surface area contributed by atoms with Crippen LogP contribution in [-0.4, -0.2) is 43.3 Å². The molecule has 10 heteroatoms. The van der Waals surface area contributed by atoms with Crippen molar-refractivity contribution in [3.63, 3.8) is 0 Å². The SMILES string of the molecule is CSc1nnc(NC(=O)CSc2n[nH]c(C)n2)s1. The molecule has 0 saturated heterocycles. The molecular formula is C8H10N6OS3. The molecule has 0 unspecified atom stereocenters. The summed E-state index contributed by atoms with van der Waals surface area (Å²) in [6.45, 7) is 1.81. The summed E-state index contributed by atoms with van der Waals surface area (Å²) in [5.41, 5.74) is 0. The first kappa shape index (κ1) is 13.3. The molecule has 2 aromatic heterocycles. The minimum Gasteiger partial charge on any atom is -0.300 e. The Kier molecular flexibility index (Phi) is 4.55. The smallest absolute Gasteiger partial charge is 0.236 e. The maximum Gasteiger partial charge on any atom is 0.236 e. The van der Waals surface area contributed by atoms with E-state index in [2.05, 4.69) is 30.7 Å². The first-order valence-electron chi connectivity index (χ1n) is 4.86. The lowest BCUT2D eigenvalue weighted by molar-refractivity contribution is -0.113. The molecule has 0 atom stereocenters. The van der Waals surface area contributed by atoms with Crippen molar-refractivity contribution in [3.05, 3.63) is 5.82 Å². The summed E-state index contributed by atoms with van der Waals surface area (Å²) in [5, 5.41) is 18.1. The Morgan fingerprint density at radius 1 is 1.50 bits per heavy atom. The molecule has 0 fully saturated rings. The quantitative estimate of drug-likeness (QED) is 0.637. The number of aromatic amines is 1. The van der Waals surface area contributed by atoms with Crippen LogP contribution in [0.2, 0.25) is 0 Å². The number of H-pyrrole nitrogens is 1. The highest BCUT2D eigenvalue weighted by Gasteiger charge is 2.09. The van der Waals surface area contributed by atoms with Gasteiger partial charge in [0.25, 0.3) is 0 Å². The van der Waals surface area contributed by atoms with Crippen LogP contribution in [0.4, 0.5) is 5.13 Å². The number of thioether (sulfide) groups is 2. The van der Waals surface area contributed by atoms with Gasteiger partial charge in [0.05, 0.1) is 5.75 Å². The zero-order valence-electron chi connectivity index (χ0n) is 9.63. The van der Waals surface area contributed by atoms with E-state index in [-0.39, 0.29) is 11.7 Å². The molecule has 2 rings (SSSR count). The predicted molar refractivity (Wildman–Crippen MR) is 72.2 cm³/mol. The molecule has 0 aromatic carbocycles. The van der Waals surface area contributed by atoms with Gasteiger partial charge in [-0.2, -0.15) is 0 Å². The summed E-state index contributed by atoms with van der Waals surface area (Å²) < 4.78 is 0.822. The Balaban J connectivity index is 1.81. The van der Waals surface area contributed by atoms with Crippen molar-refractivity contribution in [2.75, 3.05) is 17.3 Å². The van der Waals surface area contributed by atoms with Crippen molar-refractivity contribution < 1.29 is 4.79 Å². The third-order valence-electron chi connectivity index (χ3n) is 1.74. The number of amides is 1. The van der Waals surface area contributed by atoms with Crippen LogP contribution in [0.25, 0.3) is 0 Å². The maximum atomic E-state index is 11.6. The zero-order chi connectivity index (χ0) is 13.0. The Labute approximate surface area is 116 Å². The van der Waals surface area contributed by atoms with Crippen LogP contribution in [0, 0.1) is 6.92 Å². The highest BCUT2D eigenvalue weighted by Crippen LogP contribution is 2.23. The van der Waals surface area contributed by atoms with E-state index in [9.17, 15) is 4.79 Å². The molecule has 7 nitrogen and oxygen atoms in total. The maximum absolute atomic E-state index is 11.6. The number of aryl methyl sites for hydroxylation is 1. The molecule has 0 saturated carbocycles. The molecule has 18 heavy (non-hydrogen) atoms. The van der Waals surface area contributed by atoms with Crippen LogP contribution in [0.3, 0.4) is 0 Å². The first-order chi connectivity index (χ1) is 8.67. The van der Waals surface area contributed by atoms with E-state index in [1.807, 2.05) is 13.2 Å². The van der Waals surface area contributed by atoms with Gasteiger partial charge in [0, 0.05) is 0 Å². The van der Waals surface area contributed by atoms with Crippen LogP contribution in [0.1, 0.15) is 5.82 Å². The summed E-state index contributed by atoms with van der Waals surface area (Å²) in [6.07, 6.45) is 1.91. The normalized spacial score (nSPS) is 10.6. The van der Waals surface area contributed by atoms with Crippen LogP contribution in [0.5, 0.6) is 0 Å². The third kappa shape index (κ3) is 3.68. The molecule has 0 aliphatic heterocycles. The average molecular weight is 302 g/mol. The zero-order valence-corrected chi connectivity index (χ0v) is 12.1. The van der Waals surface area contributed by atoms with Gasteiger partial charge in [-0.25, -0.2) is 4.98 Å². The van der Waals surface area contributed by atoms with Crippen molar-refractivity contribution in [1.29, 1.82) is 0 Å². The van der Waals surface area contributed by atoms with Gasteiger partial charge in [-0.15, -0.1) is 15.3 Å². The van der Waals surface area contributed by atoms with E-state index in [4.69, 9.17) is 0 Å². The number of aromatic nitrogens is 5. The summed E-state index contributed by atoms with van der Waals surface area (Å²) >= 11 is 4.11. The number of nitrogens with one attached hydrogen (secondary N) is 2. The van der Waals surface area contributed by atoms with E-state index >= 15 is 0 Å². The Morgan fingerprint density at radius 3 is 2.94 bits per heavy atom. The van der Waals surface area contributed by atoms with Crippen molar-refractivity contribution in [1.82, 2.24) is 25.4 Å². The van der Waals surface area contributed by atoms with E-state index in [1.165, 1.54) is 34.9 Å². The molecule has 2 aromatic rings. The fraction of sp³-hybridized carbons (Fsp3) is 0.375. The minimum atomic E-state index is -0.147. The number of hydrogen-bond acceptors (Lipinski definition) is 8. The molecule has 0 bridgehead atoms. The molecule has 1 amide bonds. The molecule has 0 radical (unpaired) electrons. The van der Waals surface area contributed by atoms with Crippen molar-refractivity contribution in [2.24, 2.45) is 0 Å². The summed E-state index contributed by atoms with van der Waals surface area (Å²) in [5.74, 6) is 0.823. The van der Waals surface area contributed by atoms with E-state index in [1.54, 1.807) is 0 Å². The molecule has 0 aliphatic rings. The van der Waals surface area contributed by atoms with E-state index in [0.717, 1.165) is 10.2 Å². The second kappa shape index (κ2) is 6.16. The van der Waals surface area contributed by atoms with Gasteiger partial charge in [0.1, 0.15) is 5.82 Å². The van der Waals surface area contributed by atoms with Gasteiger partial charge in [-0.3, -0.25) is 15.2 Å². The van der Waals surface area contributed by atoms with Crippen molar-refractivity contribution in [3.8, 4) is 0 Å². The number of rotatable bonds is 5. The van der Waals surface area contributed by atoms with Crippen LogP contribution < -0.4 is 5.32 Å². The lowest BCUT2D eigenvalue weighted by atomic mass is 10.7. The van der Waals surface area contributed by atoms with E-state index < -0.39 is 0 Å². The number of anilines is 1. The van der Waals surface area contributed by atoms with E-state index in [0.29, 0.717) is 10.3 Å². The summed E-state index contributed by atoms with van der Waals surface area (Å²) in [7, 11) is 0. The van der Waals surface area contributed by atoms with Crippen LogP contribution in [-0.2, 0) is 4.79 Å². The van der Waals surface area contributed by atoms with Crippen LogP contribution >= 0.6 is 34.9 Å². The molecule has 2 heterocycles. The largest absolute Gasteiger partial charge is 0.300 e. The lowest BCUT2D eigenvalue weighted by Crippen LogP contribution is -2.13. The van der Waals surface area contributed by atoms with Crippen LogP contribution in [0.15, 0.2) is 9.50 Å². The minimum absolute atomic E-state index is 0.147. The second-order valence-corrected chi connectivity index (χ2v) is 6.09. The molecule has 2 N–H and O–H groups in total. The Bertz CT molecular complexity index is 538. The van der Waals surface area contributed by atoms with Gasteiger partial charge in [0.2, 0.25) is 16.2 Å². The van der Waals surface area contributed by atoms with Crippen molar-refractivity contribution >= 4 is 45.9 Å². The molecular weight excluding hydrogens is 292 g/mol. The number of carbonyl (C=O) groups is 1. The van der Waals surface area contributed by atoms with Gasteiger partial charge < -0.3 is 0 Å². The summed E-state index contributed by atoms with van der Waals surface area (Å²) in [6, 6.07) is 0. The predicted octanol–water partition coefficient (Wildman–Crippen LogP) is 1.42. The Hall–Kier alpha value is -1.13. The van der Waals surface area contributed by atoms with Gasteiger partial charge in [-0.05, 0) is 13.2 Å². The molecule has 0 spiro atoms. The monoisotopic (exact) mass is 302 g/mol. The second-order valence-electron chi connectivity index (χ2n) is 3.12. The number of nitrogens with zero attached hydrogens (tertiary/aromatic N) is 4. The fourth-order valence-corrected chi connectivity index (χ4v) is 2.85. The fourth-order valence-electron chi connectivity index (χ4n) is 1.01. The highest BCUT2D eigenvalue weighted by molar-refractivity contribution is 8.00. The van der Waals surface area contributed by atoms with Crippen molar-refractivity contribution in [2.45, 2.75) is 16.4 Å². The molecule has 96 valence electrons. The van der Waals surface area contributed by atoms with Gasteiger partial charge in [-0.1, -0.05) is 34.9 Å². The lowest BCUT2D eigenvalue weighted by Gasteiger charge is -1.97. The third-order valence-corrected chi connectivity index (χ3v) is 4.40. The standard InChI is InChI=1S/C8H10N6OS3/c1-4-9-6(12-11-4)17-3-5(15)10-7-13-14-8(16-2)18-7/h3H2,1-2H3,(H,9,11,12)(H,10,13,15).